The first-order valence-corrected chi connectivity index (χ1v) is 9.78. The number of anilines is 1. The molecule has 138 valence electrons. The highest BCUT2D eigenvalue weighted by atomic mass is 16.5. The van der Waals surface area contributed by atoms with Crippen molar-refractivity contribution in [3.8, 4) is 5.75 Å². The first-order valence-electron chi connectivity index (χ1n) is 9.78. The van der Waals surface area contributed by atoms with Crippen LogP contribution in [0.5, 0.6) is 5.75 Å². The van der Waals surface area contributed by atoms with Gasteiger partial charge >= 0.3 is 5.97 Å². The van der Waals surface area contributed by atoms with E-state index in [9.17, 15) is 14.4 Å². The zero-order valence-electron chi connectivity index (χ0n) is 15.1. The van der Waals surface area contributed by atoms with Crippen molar-refractivity contribution >= 4 is 23.5 Å². The zero-order valence-corrected chi connectivity index (χ0v) is 15.1. The molecule has 4 rings (SSSR count). The molecule has 5 nitrogen and oxygen atoms in total. The quantitative estimate of drug-likeness (QED) is 0.338. The third-order valence-electron chi connectivity index (χ3n) is 6.24. The van der Waals surface area contributed by atoms with E-state index in [4.69, 9.17) is 4.74 Å². The third kappa shape index (κ3) is 2.83. The van der Waals surface area contributed by atoms with Gasteiger partial charge in [0.2, 0.25) is 11.8 Å². The van der Waals surface area contributed by atoms with Gasteiger partial charge in [0, 0.05) is 6.42 Å². The molecule has 5 heteroatoms. The molecule has 1 aliphatic heterocycles. The van der Waals surface area contributed by atoms with Crippen LogP contribution in [0, 0.1) is 23.7 Å². The average Bonchev–Trinajstić information content (AvgIpc) is 3.30. The number of esters is 1. The van der Waals surface area contributed by atoms with Gasteiger partial charge in [-0.2, -0.15) is 0 Å². The lowest BCUT2D eigenvalue weighted by Crippen LogP contribution is -2.32. The van der Waals surface area contributed by atoms with Gasteiger partial charge in [0.25, 0.3) is 0 Å². The van der Waals surface area contributed by atoms with Crippen LogP contribution < -0.4 is 9.64 Å². The second kappa shape index (κ2) is 6.86. The van der Waals surface area contributed by atoms with Crippen molar-refractivity contribution in [2.75, 3.05) is 4.90 Å². The molecule has 1 heterocycles. The number of nitrogens with zero attached hydrogens (tertiary/aromatic N) is 1. The lowest BCUT2D eigenvalue weighted by molar-refractivity contribution is -0.134. The SMILES string of the molecule is CCCCCC(=O)Oc1ccc(N2C(=O)[C@H]3[C@H]4CC[C@@H](C4)[C@@H]3C2=O)cc1. The fraction of sp³-hybridized carbons (Fsp3) is 0.571. The Kier molecular flexibility index (Phi) is 4.55. The van der Waals surface area contributed by atoms with Gasteiger partial charge in [0.15, 0.2) is 0 Å². The summed E-state index contributed by atoms with van der Waals surface area (Å²) in [6.45, 7) is 2.09. The Morgan fingerprint density at radius 1 is 1.04 bits per heavy atom. The number of unbranched alkanes of at least 4 members (excludes halogenated alkanes) is 2. The first-order chi connectivity index (χ1) is 12.6. The molecule has 2 bridgehead atoms. The van der Waals surface area contributed by atoms with Crippen molar-refractivity contribution < 1.29 is 19.1 Å². The van der Waals surface area contributed by atoms with E-state index in [1.165, 1.54) is 4.90 Å². The molecule has 4 atom stereocenters. The predicted octanol–water partition coefficient (Wildman–Crippen LogP) is 3.71. The summed E-state index contributed by atoms with van der Waals surface area (Å²) in [7, 11) is 0. The maximum absolute atomic E-state index is 12.8. The Balaban J connectivity index is 1.43. The highest BCUT2D eigenvalue weighted by Crippen LogP contribution is 2.56. The van der Waals surface area contributed by atoms with E-state index in [2.05, 4.69) is 6.92 Å². The minimum absolute atomic E-state index is 0.0449. The molecule has 0 radical (unpaired) electrons. The molecule has 0 unspecified atom stereocenters. The second-order valence-corrected chi connectivity index (χ2v) is 7.82. The van der Waals surface area contributed by atoms with Gasteiger partial charge in [0.1, 0.15) is 5.75 Å². The summed E-state index contributed by atoms with van der Waals surface area (Å²) in [5, 5.41) is 0. The predicted molar refractivity (Wildman–Crippen MR) is 96.5 cm³/mol. The number of carbonyl (C=O) groups is 3. The van der Waals surface area contributed by atoms with Gasteiger partial charge in [0.05, 0.1) is 17.5 Å². The van der Waals surface area contributed by atoms with Crippen LogP contribution in [0.15, 0.2) is 24.3 Å². The summed E-state index contributed by atoms with van der Waals surface area (Å²) in [5.41, 5.74) is 0.583. The van der Waals surface area contributed by atoms with Crippen molar-refractivity contribution in [2.45, 2.75) is 51.9 Å². The van der Waals surface area contributed by atoms with Crippen LogP contribution >= 0.6 is 0 Å². The summed E-state index contributed by atoms with van der Waals surface area (Å²) < 4.78 is 5.32. The fourth-order valence-electron chi connectivity index (χ4n) is 5.03. The summed E-state index contributed by atoms with van der Waals surface area (Å²) in [5.74, 6) is 0.660. The molecule has 26 heavy (non-hydrogen) atoms. The Labute approximate surface area is 153 Å². The third-order valence-corrected chi connectivity index (χ3v) is 6.24. The average molecular weight is 355 g/mol. The summed E-state index contributed by atoms with van der Waals surface area (Å²) in [6.07, 6.45) is 6.49. The van der Waals surface area contributed by atoms with Gasteiger partial charge < -0.3 is 4.74 Å². The standard InChI is InChI=1S/C21H25NO4/c1-2-3-4-5-17(23)26-16-10-8-15(9-11-16)22-20(24)18-13-6-7-14(12-13)19(18)21(22)25/h8-11,13-14,18-19H,2-7,12H2,1H3/t13-,14-,18-,19-/m0/s1. The Hall–Kier alpha value is -2.17. The lowest BCUT2D eigenvalue weighted by atomic mass is 9.81. The molecular formula is C21H25NO4. The van der Waals surface area contributed by atoms with E-state index in [1.807, 2.05) is 0 Å². The van der Waals surface area contributed by atoms with Gasteiger partial charge in [-0.1, -0.05) is 19.8 Å². The Morgan fingerprint density at radius 3 is 2.23 bits per heavy atom. The van der Waals surface area contributed by atoms with Crippen LogP contribution in [-0.2, 0) is 14.4 Å². The van der Waals surface area contributed by atoms with Crippen LogP contribution in [0.2, 0.25) is 0 Å². The molecule has 1 aromatic rings. The number of carbonyl (C=O) groups excluding carboxylic acids is 3. The van der Waals surface area contributed by atoms with E-state index < -0.39 is 0 Å². The number of rotatable bonds is 6. The van der Waals surface area contributed by atoms with Crippen molar-refractivity contribution in [1.82, 2.24) is 0 Å². The van der Waals surface area contributed by atoms with E-state index in [0.717, 1.165) is 38.5 Å². The molecule has 0 spiro atoms. The van der Waals surface area contributed by atoms with E-state index >= 15 is 0 Å². The van der Waals surface area contributed by atoms with Crippen LogP contribution in [-0.4, -0.2) is 17.8 Å². The lowest BCUT2D eigenvalue weighted by Gasteiger charge is -2.19. The molecular weight excluding hydrogens is 330 g/mol. The molecule has 2 saturated carbocycles. The van der Waals surface area contributed by atoms with Crippen LogP contribution in [0.25, 0.3) is 0 Å². The molecule has 3 fully saturated rings. The number of hydrogen-bond donors (Lipinski definition) is 0. The first kappa shape index (κ1) is 17.3. The summed E-state index contributed by atoms with van der Waals surface area (Å²) in [4.78, 5) is 38.8. The molecule has 2 amide bonds. The van der Waals surface area contributed by atoms with E-state index in [-0.39, 0.29) is 29.6 Å². The normalized spacial score (nSPS) is 29.3. The van der Waals surface area contributed by atoms with Gasteiger partial charge in [-0.15, -0.1) is 0 Å². The van der Waals surface area contributed by atoms with Crippen molar-refractivity contribution in [1.29, 1.82) is 0 Å². The number of hydrogen-bond acceptors (Lipinski definition) is 4. The molecule has 3 aliphatic rings. The smallest absolute Gasteiger partial charge is 0.311 e. The minimum atomic E-state index is -0.245. The summed E-state index contributed by atoms with van der Waals surface area (Å²) >= 11 is 0. The van der Waals surface area contributed by atoms with E-state index in [1.54, 1.807) is 24.3 Å². The molecule has 2 aliphatic carbocycles. The Morgan fingerprint density at radius 2 is 1.65 bits per heavy atom. The number of benzene rings is 1. The second-order valence-electron chi connectivity index (χ2n) is 7.82. The number of amides is 2. The Bertz CT molecular complexity index is 698. The zero-order chi connectivity index (χ0) is 18.3. The maximum atomic E-state index is 12.8. The van der Waals surface area contributed by atoms with Crippen LogP contribution in [0.3, 0.4) is 0 Å². The van der Waals surface area contributed by atoms with Gasteiger partial charge in [-0.3, -0.25) is 19.3 Å². The topological polar surface area (TPSA) is 63.7 Å². The van der Waals surface area contributed by atoms with Crippen molar-refractivity contribution in [3.63, 3.8) is 0 Å². The van der Waals surface area contributed by atoms with Gasteiger partial charge in [-0.05, 0) is 61.8 Å². The highest BCUT2D eigenvalue weighted by Gasteiger charge is 2.61. The maximum Gasteiger partial charge on any atom is 0.311 e. The molecule has 1 saturated heterocycles. The molecule has 0 N–H and O–H groups in total. The molecule has 0 aromatic heterocycles. The number of fused-ring (bicyclic) bond motifs is 5. The fourth-order valence-corrected chi connectivity index (χ4v) is 5.03. The highest BCUT2D eigenvalue weighted by molar-refractivity contribution is 6.22. The van der Waals surface area contributed by atoms with E-state index in [0.29, 0.717) is 29.7 Å². The van der Waals surface area contributed by atoms with Crippen molar-refractivity contribution in [3.05, 3.63) is 24.3 Å². The number of imide groups is 1. The minimum Gasteiger partial charge on any atom is -0.427 e. The monoisotopic (exact) mass is 355 g/mol. The van der Waals surface area contributed by atoms with Gasteiger partial charge in [-0.25, -0.2) is 0 Å². The molecule has 1 aromatic carbocycles. The number of ether oxygens (including phenoxy) is 1. The largest absolute Gasteiger partial charge is 0.427 e. The van der Waals surface area contributed by atoms with Crippen LogP contribution in [0.4, 0.5) is 5.69 Å². The van der Waals surface area contributed by atoms with Crippen LogP contribution in [0.1, 0.15) is 51.9 Å². The summed E-state index contributed by atoms with van der Waals surface area (Å²) in [6, 6.07) is 6.73. The van der Waals surface area contributed by atoms with Crippen molar-refractivity contribution in [2.24, 2.45) is 23.7 Å².